The number of nitrogens with zero attached hydrogens (tertiary/aromatic N) is 2. The second-order valence-corrected chi connectivity index (χ2v) is 6.90. The molecule has 0 saturated carbocycles. The number of thiophene rings is 1. The van der Waals surface area contributed by atoms with Crippen LogP contribution in [0.2, 0.25) is 0 Å². The predicted molar refractivity (Wildman–Crippen MR) is 81.1 cm³/mol. The molecule has 0 fully saturated rings. The van der Waals surface area contributed by atoms with Gasteiger partial charge in [-0.15, -0.1) is 21.5 Å². The molecule has 1 amide bonds. The molecule has 1 atom stereocenters. The minimum Gasteiger partial charge on any atom is -0.363 e. The van der Waals surface area contributed by atoms with Crippen molar-refractivity contribution in [3.05, 3.63) is 22.4 Å². The van der Waals surface area contributed by atoms with E-state index in [1.54, 1.807) is 18.4 Å². The Morgan fingerprint density at radius 3 is 3.00 bits per heavy atom. The topological polar surface area (TPSA) is 66.9 Å². The molecule has 1 unspecified atom stereocenters. The molecular weight excluding hydrogens is 300 g/mol. The van der Waals surface area contributed by atoms with Gasteiger partial charge in [-0.3, -0.25) is 4.79 Å². The van der Waals surface area contributed by atoms with Gasteiger partial charge in [-0.25, -0.2) is 0 Å². The van der Waals surface area contributed by atoms with Crippen LogP contribution in [0.5, 0.6) is 0 Å². The Morgan fingerprint density at radius 2 is 2.37 bits per heavy atom. The number of nitrogens with one attached hydrogen (secondary N) is 2. The number of aromatic nitrogens is 2. The summed E-state index contributed by atoms with van der Waals surface area (Å²) in [5, 5.41) is 16.5. The molecule has 0 aromatic carbocycles. The van der Waals surface area contributed by atoms with Gasteiger partial charge >= 0.3 is 0 Å². The number of hydrogen-bond acceptors (Lipinski definition) is 7. The molecule has 0 aliphatic heterocycles. The average Bonchev–Trinajstić information content (AvgIpc) is 3.07. The summed E-state index contributed by atoms with van der Waals surface area (Å²) in [6, 6.07) is 4.06. The highest BCUT2D eigenvalue weighted by molar-refractivity contribution is 8.01. The first kappa shape index (κ1) is 14.3. The summed E-state index contributed by atoms with van der Waals surface area (Å²) in [4.78, 5) is 13.0. The minimum absolute atomic E-state index is 0.00658. The van der Waals surface area contributed by atoms with Crippen molar-refractivity contribution < 1.29 is 4.79 Å². The third-order valence-electron chi connectivity index (χ3n) is 2.29. The molecular formula is C11H14N4OS3. The van der Waals surface area contributed by atoms with E-state index < -0.39 is 0 Å². The molecule has 0 bridgehead atoms. The van der Waals surface area contributed by atoms with Crippen LogP contribution in [0.3, 0.4) is 0 Å². The van der Waals surface area contributed by atoms with E-state index in [1.165, 1.54) is 23.1 Å². The quantitative estimate of drug-likeness (QED) is 0.802. The van der Waals surface area contributed by atoms with Crippen molar-refractivity contribution in [2.24, 2.45) is 0 Å². The van der Waals surface area contributed by atoms with Crippen LogP contribution in [0.4, 0.5) is 5.13 Å². The Labute approximate surface area is 123 Å². The largest absolute Gasteiger partial charge is 0.363 e. The Bertz CT molecular complexity index is 526. The molecule has 0 radical (unpaired) electrons. The van der Waals surface area contributed by atoms with Gasteiger partial charge in [0, 0.05) is 11.9 Å². The van der Waals surface area contributed by atoms with Crippen molar-refractivity contribution in [2.75, 3.05) is 18.1 Å². The zero-order chi connectivity index (χ0) is 13.7. The summed E-state index contributed by atoms with van der Waals surface area (Å²) < 4.78 is 0.795. The van der Waals surface area contributed by atoms with Crippen LogP contribution in [0.25, 0.3) is 0 Å². The maximum Gasteiger partial charge on any atom is 0.230 e. The smallest absolute Gasteiger partial charge is 0.230 e. The number of anilines is 1. The molecule has 19 heavy (non-hydrogen) atoms. The highest BCUT2D eigenvalue weighted by Crippen LogP contribution is 2.25. The van der Waals surface area contributed by atoms with Gasteiger partial charge in [0.25, 0.3) is 0 Å². The molecule has 2 aromatic heterocycles. The fourth-order valence-corrected chi connectivity index (χ4v) is 3.64. The second-order valence-electron chi connectivity index (χ2n) is 3.72. The number of carbonyl (C=O) groups is 1. The summed E-state index contributed by atoms with van der Waals surface area (Å²) in [7, 11) is 1.80. The van der Waals surface area contributed by atoms with Crippen LogP contribution in [0, 0.1) is 0 Å². The first-order valence-electron chi connectivity index (χ1n) is 5.66. The number of hydrogen-bond donors (Lipinski definition) is 2. The highest BCUT2D eigenvalue weighted by atomic mass is 32.2. The molecule has 2 rings (SSSR count). The molecule has 0 saturated heterocycles. The van der Waals surface area contributed by atoms with Crippen molar-refractivity contribution in [2.45, 2.75) is 17.3 Å². The molecule has 2 heterocycles. The predicted octanol–water partition coefficient (Wildman–Crippen LogP) is 2.61. The van der Waals surface area contributed by atoms with Gasteiger partial charge in [0.15, 0.2) is 4.34 Å². The van der Waals surface area contributed by atoms with Crippen molar-refractivity contribution in [3.8, 4) is 0 Å². The van der Waals surface area contributed by atoms with Crippen LogP contribution in [-0.4, -0.2) is 28.9 Å². The standard InChI is InChI=1S/C11H14N4OS3/c1-7(8-4-3-5-17-8)13-9(16)6-18-11-15-14-10(12-2)19-11/h3-5,7H,6H2,1-2H3,(H,12,14)(H,13,16). The van der Waals surface area contributed by atoms with E-state index in [0.29, 0.717) is 5.75 Å². The molecule has 0 aliphatic rings. The van der Waals surface area contributed by atoms with E-state index in [9.17, 15) is 4.79 Å². The Hall–Kier alpha value is -1.12. The second kappa shape index (κ2) is 6.88. The van der Waals surface area contributed by atoms with Crippen LogP contribution in [0.15, 0.2) is 21.9 Å². The average molecular weight is 314 g/mol. The zero-order valence-electron chi connectivity index (χ0n) is 10.5. The molecule has 2 N–H and O–H groups in total. The Morgan fingerprint density at radius 1 is 1.53 bits per heavy atom. The van der Waals surface area contributed by atoms with Crippen LogP contribution < -0.4 is 10.6 Å². The van der Waals surface area contributed by atoms with E-state index in [1.807, 2.05) is 24.4 Å². The van der Waals surface area contributed by atoms with E-state index in [4.69, 9.17) is 0 Å². The molecule has 0 spiro atoms. The van der Waals surface area contributed by atoms with Gasteiger partial charge in [0.05, 0.1) is 11.8 Å². The minimum atomic E-state index is 0.00658. The van der Waals surface area contributed by atoms with E-state index >= 15 is 0 Å². The van der Waals surface area contributed by atoms with Gasteiger partial charge in [-0.1, -0.05) is 29.2 Å². The molecule has 102 valence electrons. The van der Waals surface area contributed by atoms with Crippen molar-refractivity contribution in [1.82, 2.24) is 15.5 Å². The normalized spacial score (nSPS) is 12.1. The molecule has 2 aromatic rings. The lowest BCUT2D eigenvalue weighted by Gasteiger charge is -2.11. The van der Waals surface area contributed by atoms with Crippen LogP contribution in [0.1, 0.15) is 17.8 Å². The fraction of sp³-hybridized carbons (Fsp3) is 0.364. The zero-order valence-corrected chi connectivity index (χ0v) is 13.0. The molecule has 5 nitrogen and oxygen atoms in total. The summed E-state index contributed by atoms with van der Waals surface area (Å²) in [6.45, 7) is 1.98. The maximum absolute atomic E-state index is 11.8. The lowest BCUT2D eigenvalue weighted by molar-refractivity contribution is -0.119. The number of carbonyl (C=O) groups excluding carboxylic acids is 1. The third kappa shape index (κ3) is 4.19. The molecule has 0 aliphatic carbocycles. The molecule has 8 heteroatoms. The third-order valence-corrected chi connectivity index (χ3v) is 5.42. The summed E-state index contributed by atoms with van der Waals surface area (Å²) in [5.41, 5.74) is 0. The first-order chi connectivity index (χ1) is 9.19. The number of amides is 1. The summed E-state index contributed by atoms with van der Waals surface area (Å²) in [5.74, 6) is 0.362. The van der Waals surface area contributed by atoms with E-state index in [0.717, 1.165) is 14.3 Å². The van der Waals surface area contributed by atoms with Gasteiger partial charge in [0.1, 0.15) is 0 Å². The van der Waals surface area contributed by atoms with Crippen molar-refractivity contribution >= 4 is 45.5 Å². The first-order valence-corrected chi connectivity index (χ1v) is 8.34. The maximum atomic E-state index is 11.8. The van der Waals surface area contributed by atoms with Gasteiger partial charge in [-0.2, -0.15) is 0 Å². The SMILES string of the molecule is CNc1nnc(SCC(=O)NC(C)c2cccs2)s1. The number of rotatable bonds is 6. The highest BCUT2D eigenvalue weighted by Gasteiger charge is 2.12. The van der Waals surface area contributed by atoms with E-state index in [2.05, 4.69) is 20.8 Å². The number of thioether (sulfide) groups is 1. The summed E-state index contributed by atoms with van der Waals surface area (Å²) >= 11 is 4.49. The van der Waals surface area contributed by atoms with Crippen LogP contribution >= 0.6 is 34.4 Å². The monoisotopic (exact) mass is 314 g/mol. The Kier molecular flexibility index (Phi) is 5.17. The van der Waals surface area contributed by atoms with Crippen molar-refractivity contribution in [3.63, 3.8) is 0 Å². The fourth-order valence-electron chi connectivity index (χ4n) is 1.39. The van der Waals surface area contributed by atoms with Crippen LogP contribution in [-0.2, 0) is 4.79 Å². The Balaban J connectivity index is 1.78. The van der Waals surface area contributed by atoms with E-state index in [-0.39, 0.29) is 11.9 Å². The van der Waals surface area contributed by atoms with Gasteiger partial charge in [0.2, 0.25) is 11.0 Å². The summed E-state index contributed by atoms with van der Waals surface area (Å²) in [6.07, 6.45) is 0. The lowest BCUT2D eigenvalue weighted by Crippen LogP contribution is -2.27. The van der Waals surface area contributed by atoms with Gasteiger partial charge in [-0.05, 0) is 18.4 Å². The lowest BCUT2D eigenvalue weighted by atomic mass is 10.3. The van der Waals surface area contributed by atoms with Crippen molar-refractivity contribution in [1.29, 1.82) is 0 Å². The van der Waals surface area contributed by atoms with Gasteiger partial charge < -0.3 is 10.6 Å².